The zero-order valence-electron chi connectivity index (χ0n) is 15.9. The van der Waals surface area contributed by atoms with Crippen molar-refractivity contribution in [1.29, 1.82) is 0 Å². The molecule has 0 atom stereocenters. The van der Waals surface area contributed by atoms with Crippen molar-refractivity contribution in [2.24, 2.45) is 0 Å². The Labute approximate surface area is 170 Å². The molecule has 0 radical (unpaired) electrons. The summed E-state index contributed by atoms with van der Waals surface area (Å²) in [7, 11) is 1.56. The van der Waals surface area contributed by atoms with E-state index < -0.39 is 11.6 Å². The van der Waals surface area contributed by atoms with Crippen LogP contribution >= 0.6 is 11.6 Å². The largest absolute Gasteiger partial charge is 0.495 e. The van der Waals surface area contributed by atoms with Crippen LogP contribution in [0.15, 0.2) is 42.7 Å². The zero-order chi connectivity index (χ0) is 20.7. The highest BCUT2D eigenvalue weighted by Crippen LogP contribution is 2.35. The molecule has 148 valence electrons. The highest BCUT2D eigenvalue weighted by atomic mass is 35.5. The Kier molecular flexibility index (Phi) is 4.84. The van der Waals surface area contributed by atoms with E-state index in [1.54, 1.807) is 29.9 Å². The second-order valence-electron chi connectivity index (χ2n) is 6.56. The lowest BCUT2D eigenvalue weighted by Crippen LogP contribution is -2.01. The standard InChI is InChI=1S/C21H17ClF2N4O/c1-11-12(2)28(16-8-14(23)7-15(24)9-16)21-19(11)20(25-10-26-21)27-17-6-13(22)4-5-18(17)29-3/h4-10H,1-3H3,(H,25,26,27). The number of rotatable bonds is 4. The molecule has 0 aliphatic heterocycles. The number of benzene rings is 2. The number of hydrogen-bond acceptors (Lipinski definition) is 4. The average Bonchev–Trinajstić information content (AvgIpc) is 2.93. The third kappa shape index (κ3) is 3.38. The second kappa shape index (κ2) is 7.33. The number of ether oxygens (including phenoxy) is 1. The summed E-state index contributed by atoms with van der Waals surface area (Å²) in [6.45, 7) is 3.77. The van der Waals surface area contributed by atoms with E-state index in [0.717, 1.165) is 22.7 Å². The van der Waals surface area contributed by atoms with Gasteiger partial charge in [0.25, 0.3) is 0 Å². The minimum absolute atomic E-state index is 0.350. The van der Waals surface area contributed by atoms with Gasteiger partial charge in [-0.25, -0.2) is 18.7 Å². The minimum atomic E-state index is -0.657. The molecular formula is C21H17ClF2N4O. The van der Waals surface area contributed by atoms with Crippen molar-refractivity contribution in [2.45, 2.75) is 13.8 Å². The average molecular weight is 415 g/mol. The highest BCUT2D eigenvalue weighted by Gasteiger charge is 2.19. The first kappa shape index (κ1) is 19.1. The Hall–Kier alpha value is -3.19. The van der Waals surface area contributed by atoms with Gasteiger partial charge in [-0.2, -0.15) is 0 Å². The van der Waals surface area contributed by atoms with Crippen LogP contribution in [0.2, 0.25) is 5.02 Å². The maximum absolute atomic E-state index is 13.8. The van der Waals surface area contributed by atoms with Crippen LogP contribution < -0.4 is 10.1 Å². The number of fused-ring (bicyclic) bond motifs is 1. The van der Waals surface area contributed by atoms with Gasteiger partial charge in [-0.05, 0) is 49.7 Å². The van der Waals surface area contributed by atoms with Crippen LogP contribution in [0.3, 0.4) is 0 Å². The van der Waals surface area contributed by atoms with E-state index in [1.807, 2.05) is 13.8 Å². The monoisotopic (exact) mass is 414 g/mol. The predicted octanol–water partition coefficient (Wildman–Crippen LogP) is 5.72. The SMILES string of the molecule is COc1ccc(Cl)cc1Nc1ncnc2c1c(C)c(C)n2-c1cc(F)cc(F)c1. The lowest BCUT2D eigenvalue weighted by molar-refractivity contribution is 0.417. The van der Waals surface area contributed by atoms with Gasteiger partial charge in [0.1, 0.15) is 29.5 Å². The molecule has 2 heterocycles. The number of nitrogens with one attached hydrogen (secondary N) is 1. The molecule has 0 bridgehead atoms. The van der Waals surface area contributed by atoms with Gasteiger partial charge in [0.2, 0.25) is 0 Å². The lowest BCUT2D eigenvalue weighted by Gasteiger charge is -2.12. The van der Waals surface area contributed by atoms with Gasteiger partial charge in [-0.3, -0.25) is 4.57 Å². The van der Waals surface area contributed by atoms with Gasteiger partial charge >= 0.3 is 0 Å². The van der Waals surface area contributed by atoms with Gasteiger partial charge in [0, 0.05) is 16.8 Å². The van der Waals surface area contributed by atoms with Crippen molar-refractivity contribution < 1.29 is 13.5 Å². The Morgan fingerprint density at radius 1 is 1.03 bits per heavy atom. The van der Waals surface area contributed by atoms with E-state index in [0.29, 0.717) is 33.6 Å². The summed E-state index contributed by atoms with van der Waals surface area (Å²) in [5.74, 6) is -0.182. The summed E-state index contributed by atoms with van der Waals surface area (Å²) in [5, 5.41) is 4.51. The van der Waals surface area contributed by atoms with Gasteiger partial charge in [0.05, 0.1) is 23.9 Å². The van der Waals surface area contributed by atoms with Crippen molar-refractivity contribution in [2.75, 3.05) is 12.4 Å². The Balaban J connectivity index is 1.92. The molecule has 29 heavy (non-hydrogen) atoms. The van der Waals surface area contributed by atoms with Crippen LogP contribution in [0.1, 0.15) is 11.3 Å². The molecule has 0 unspecified atom stereocenters. The van der Waals surface area contributed by atoms with Crippen molar-refractivity contribution in [3.8, 4) is 11.4 Å². The van der Waals surface area contributed by atoms with Crippen LogP contribution in [-0.2, 0) is 0 Å². The van der Waals surface area contributed by atoms with E-state index in [1.165, 1.54) is 18.5 Å². The van der Waals surface area contributed by atoms with Crippen molar-refractivity contribution in [3.05, 3.63) is 70.6 Å². The van der Waals surface area contributed by atoms with Crippen molar-refractivity contribution in [3.63, 3.8) is 0 Å². The first-order chi connectivity index (χ1) is 13.9. The third-order valence-corrected chi connectivity index (χ3v) is 5.05. The molecule has 0 fully saturated rings. The quantitative estimate of drug-likeness (QED) is 0.464. The molecule has 0 amide bonds. The van der Waals surface area contributed by atoms with E-state index in [-0.39, 0.29) is 0 Å². The fourth-order valence-electron chi connectivity index (χ4n) is 3.38. The maximum Gasteiger partial charge on any atom is 0.150 e. The number of hydrogen-bond donors (Lipinski definition) is 1. The lowest BCUT2D eigenvalue weighted by atomic mass is 10.2. The van der Waals surface area contributed by atoms with Gasteiger partial charge < -0.3 is 10.1 Å². The van der Waals surface area contributed by atoms with E-state index in [4.69, 9.17) is 16.3 Å². The number of methoxy groups -OCH3 is 1. The fourth-order valence-corrected chi connectivity index (χ4v) is 3.56. The summed E-state index contributed by atoms with van der Waals surface area (Å²) < 4.78 is 34.7. The highest BCUT2D eigenvalue weighted by molar-refractivity contribution is 6.31. The number of aryl methyl sites for hydroxylation is 1. The zero-order valence-corrected chi connectivity index (χ0v) is 16.7. The van der Waals surface area contributed by atoms with Crippen LogP contribution in [0.4, 0.5) is 20.3 Å². The molecule has 4 rings (SSSR count). The fraction of sp³-hybridized carbons (Fsp3) is 0.143. The first-order valence-corrected chi connectivity index (χ1v) is 9.16. The second-order valence-corrected chi connectivity index (χ2v) is 7.00. The predicted molar refractivity (Wildman–Crippen MR) is 110 cm³/mol. The molecule has 0 spiro atoms. The normalized spacial score (nSPS) is 11.1. The minimum Gasteiger partial charge on any atom is -0.495 e. The van der Waals surface area contributed by atoms with E-state index in [2.05, 4.69) is 15.3 Å². The van der Waals surface area contributed by atoms with Crippen molar-refractivity contribution in [1.82, 2.24) is 14.5 Å². The van der Waals surface area contributed by atoms with E-state index in [9.17, 15) is 8.78 Å². The van der Waals surface area contributed by atoms with Crippen LogP contribution in [-0.4, -0.2) is 21.6 Å². The van der Waals surface area contributed by atoms with Gasteiger partial charge in [0.15, 0.2) is 5.65 Å². The Morgan fingerprint density at radius 2 is 1.76 bits per heavy atom. The first-order valence-electron chi connectivity index (χ1n) is 8.78. The molecule has 2 aromatic carbocycles. The Morgan fingerprint density at radius 3 is 2.45 bits per heavy atom. The summed E-state index contributed by atoms with van der Waals surface area (Å²) in [4.78, 5) is 8.74. The molecule has 2 aromatic heterocycles. The number of anilines is 2. The number of aromatic nitrogens is 3. The molecular weight excluding hydrogens is 398 g/mol. The molecule has 1 N–H and O–H groups in total. The molecule has 0 aliphatic rings. The molecule has 8 heteroatoms. The molecule has 4 aromatic rings. The van der Waals surface area contributed by atoms with Crippen LogP contribution in [0, 0.1) is 25.5 Å². The van der Waals surface area contributed by atoms with Crippen molar-refractivity contribution >= 4 is 34.1 Å². The van der Waals surface area contributed by atoms with Gasteiger partial charge in [-0.15, -0.1) is 0 Å². The topological polar surface area (TPSA) is 52.0 Å². The molecule has 0 saturated heterocycles. The Bertz CT molecular complexity index is 1220. The molecule has 0 aliphatic carbocycles. The third-order valence-electron chi connectivity index (χ3n) is 4.81. The van der Waals surface area contributed by atoms with E-state index >= 15 is 0 Å². The summed E-state index contributed by atoms with van der Waals surface area (Å²) in [6.07, 6.45) is 1.40. The molecule has 0 saturated carbocycles. The van der Waals surface area contributed by atoms with Crippen LogP contribution in [0.25, 0.3) is 16.7 Å². The van der Waals surface area contributed by atoms with Gasteiger partial charge in [-0.1, -0.05) is 11.6 Å². The number of nitrogens with zero attached hydrogens (tertiary/aromatic N) is 3. The number of halogens is 3. The van der Waals surface area contributed by atoms with Crippen LogP contribution in [0.5, 0.6) is 5.75 Å². The summed E-state index contributed by atoms with van der Waals surface area (Å²) >= 11 is 6.13. The smallest absolute Gasteiger partial charge is 0.150 e. The molecule has 5 nitrogen and oxygen atoms in total. The summed E-state index contributed by atoms with van der Waals surface area (Å²) in [5.41, 5.74) is 3.20. The maximum atomic E-state index is 13.8. The summed E-state index contributed by atoms with van der Waals surface area (Å²) in [6, 6.07) is 8.59.